The van der Waals surface area contributed by atoms with Crippen LogP contribution in [0.5, 0.6) is 0 Å². The molecule has 0 aliphatic carbocycles. The molecule has 4 heteroatoms. The van der Waals surface area contributed by atoms with Crippen LogP contribution >= 0.6 is 0 Å². The zero-order valence-corrected chi connectivity index (χ0v) is 6.57. The van der Waals surface area contributed by atoms with E-state index in [1.165, 1.54) is 6.92 Å². The molecule has 0 aromatic heterocycles. The fourth-order valence-electron chi connectivity index (χ4n) is 1.11. The number of esters is 1. The molecule has 1 saturated heterocycles. The van der Waals surface area contributed by atoms with Gasteiger partial charge >= 0.3 is 5.97 Å². The Bertz CT molecular complexity index is 175. The van der Waals surface area contributed by atoms with Gasteiger partial charge in [-0.25, -0.2) is 4.79 Å². The van der Waals surface area contributed by atoms with Crippen LogP contribution in [0.25, 0.3) is 0 Å². The van der Waals surface area contributed by atoms with E-state index in [9.17, 15) is 15.0 Å². The van der Waals surface area contributed by atoms with Gasteiger partial charge in [0.2, 0.25) is 0 Å². The number of hydrogen-bond acceptors (Lipinski definition) is 4. The van der Waals surface area contributed by atoms with E-state index in [1.54, 1.807) is 6.92 Å². The Kier molecular flexibility index (Phi) is 1.90. The summed E-state index contributed by atoms with van der Waals surface area (Å²) in [7, 11) is 0. The van der Waals surface area contributed by atoms with E-state index >= 15 is 0 Å². The normalized spacial score (nSPS) is 44.2. The number of hydrogen-bond donors (Lipinski definition) is 2. The first-order valence-corrected chi connectivity index (χ1v) is 3.61. The second kappa shape index (κ2) is 2.46. The van der Waals surface area contributed by atoms with E-state index < -0.39 is 23.8 Å². The second-order valence-electron chi connectivity index (χ2n) is 2.94. The maximum atomic E-state index is 10.8. The highest BCUT2D eigenvalue weighted by atomic mass is 16.6. The summed E-state index contributed by atoms with van der Waals surface area (Å²) in [6, 6.07) is 0. The summed E-state index contributed by atoms with van der Waals surface area (Å²) in [6.45, 7) is 3.04. The van der Waals surface area contributed by atoms with Crippen molar-refractivity contribution in [2.45, 2.75) is 38.1 Å². The van der Waals surface area contributed by atoms with Gasteiger partial charge < -0.3 is 14.9 Å². The highest BCUT2D eigenvalue weighted by Crippen LogP contribution is 2.27. The Labute approximate surface area is 64.8 Å². The van der Waals surface area contributed by atoms with Crippen LogP contribution in [0.15, 0.2) is 0 Å². The lowest BCUT2D eigenvalue weighted by Gasteiger charge is -2.17. The molecule has 1 heterocycles. The van der Waals surface area contributed by atoms with Gasteiger partial charge in [0.1, 0.15) is 12.2 Å². The summed E-state index contributed by atoms with van der Waals surface area (Å²) in [5, 5.41) is 18.6. The molecule has 0 unspecified atom stereocenters. The van der Waals surface area contributed by atoms with Crippen molar-refractivity contribution in [3.8, 4) is 0 Å². The Morgan fingerprint density at radius 1 is 1.73 bits per heavy atom. The van der Waals surface area contributed by atoms with E-state index in [2.05, 4.69) is 0 Å². The summed E-state index contributed by atoms with van der Waals surface area (Å²) in [5.74, 6) is -0.739. The molecule has 0 radical (unpaired) electrons. The minimum atomic E-state index is -1.72. The number of aliphatic hydroxyl groups is 2. The van der Waals surface area contributed by atoms with Crippen LogP contribution in [0.4, 0.5) is 0 Å². The molecule has 64 valence electrons. The predicted octanol–water partition coefficient (Wildman–Crippen LogP) is -0.566. The minimum Gasteiger partial charge on any atom is -0.457 e. The highest BCUT2D eigenvalue weighted by Gasteiger charge is 2.51. The van der Waals surface area contributed by atoms with E-state index in [0.717, 1.165) is 0 Å². The Hall–Kier alpha value is -0.610. The van der Waals surface area contributed by atoms with Gasteiger partial charge in [-0.1, -0.05) is 6.92 Å². The lowest BCUT2D eigenvalue weighted by molar-refractivity contribution is -0.154. The van der Waals surface area contributed by atoms with Gasteiger partial charge in [0.25, 0.3) is 0 Å². The first-order valence-electron chi connectivity index (χ1n) is 3.61. The molecule has 3 atom stereocenters. The van der Waals surface area contributed by atoms with Gasteiger partial charge in [-0.2, -0.15) is 0 Å². The molecular formula is C7H12O4. The lowest BCUT2D eigenvalue weighted by Crippen LogP contribution is -2.42. The van der Waals surface area contributed by atoms with E-state index in [1.807, 2.05) is 0 Å². The molecule has 0 saturated carbocycles. The summed E-state index contributed by atoms with van der Waals surface area (Å²) in [5.41, 5.74) is -1.72. The van der Waals surface area contributed by atoms with Crippen molar-refractivity contribution in [2.75, 3.05) is 0 Å². The first kappa shape index (κ1) is 8.49. The van der Waals surface area contributed by atoms with E-state index in [4.69, 9.17) is 4.74 Å². The molecule has 2 N–H and O–H groups in total. The van der Waals surface area contributed by atoms with Gasteiger partial charge in [-0.3, -0.25) is 0 Å². The van der Waals surface area contributed by atoms with Crippen LogP contribution in [-0.2, 0) is 9.53 Å². The molecular weight excluding hydrogens is 148 g/mol. The minimum absolute atomic E-state index is 0.517. The smallest absolute Gasteiger partial charge is 0.341 e. The summed E-state index contributed by atoms with van der Waals surface area (Å²) in [4.78, 5) is 10.8. The molecule has 1 aliphatic heterocycles. The molecule has 0 aromatic carbocycles. The zero-order valence-electron chi connectivity index (χ0n) is 6.57. The zero-order chi connectivity index (χ0) is 8.65. The van der Waals surface area contributed by atoms with Crippen LogP contribution in [0.2, 0.25) is 0 Å². The highest BCUT2D eigenvalue weighted by molar-refractivity contribution is 5.82. The van der Waals surface area contributed by atoms with Gasteiger partial charge in [-0.15, -0.1) is 0 Å². The van der Waals surface area contributed by atoms with Crippen molar-refractivity contribution in [1.29, 1.82) is 0 Å². The molecule has 1 aliphatic rings. The monoisotopic (exact) mass is 160 g/mol. The summed E-state index contributed by atoms with van der Waals surface area (Å²) >= 11 is 0. The molecule has 4 nitrogen and oxygen atoms in total. The van der Waals surface area contributed by atoms with Gasteiger partial charge in [0.05, 0.1) is 0 Å². The van der Waals surface area contributed by atoms with Crippen LogP contribution in [0.1, 0.15) is 20.3 Å². The number of carbonyl (C=O) groups excluding carboxylic acids is 1. The average Bonchev–Trinajstić information content (AvgIpc) is 2.14. The third-order valence-electron chi connectivity index (χ3n) is 2.00. The van der Waals surface area contributed by atoms with Gasteiger partial charge in [0, 0.05) is 0 Å². The number of ether oxygens (including phenoxy) is 1. The Morgan fingerprint density at radius 2 is 2.27 bits per heavy atom. The molecule has 1 fully saturated rings. The number of cyclic esters (lactones) is 1. The second-order valence-corrected chi connectivity index (χ2v) is 2.94. The molecule has 1 rings (SSSR count). The SMILES string of the molecule is CC[C@H]1OC(=O)[C@](C)(O)[C@@H]1O. The van der Waals surface area contributed by atoms with Crippen LogP contribution in [0, 0.1) is 0 Å². The molecule has 0 spiro atoms. The quantitative estimate of drug-likeness (QED) is 0.504. The average molecular weight is 160 g/mol. The summed E-state index contributed by atoms with van der Waals surface area (Å²) in [6.07, 6.45) is -1.14. The van der Waals surface area contributed by atoms with E-state index in [-0.39, 0.29) is 0 Å². The van der Waals surface area contributed by atoms with Crippen molar-refractivity contribution in [2.24, 2.45) is 0 Å². The third kappa shape index (κ3) is 1.12. The third-order valence-corrected chi connectivity index (χ3v) is 2.00. The predicted molar refractivity (Wildman–Crippen MR) is 36.8 cm³/mol. The van der Waals surface area contributed by atoms with Crippen molar-refractivity contribution in [1.82, 2.24) is 0 Å². The fourth-order valence-corrected chi connectivity index (χ4v) is 1.11. The molecule has 11 heavy (non-hydrogen) atoms. The molecule has 0 bridgehead atoms. The van der Waals surface area contributed by atoms with E-state index in [0.29, 0.717) is 6.42 Å². The number of rotatable bonds is 1. The van der Waals surface area contributed by atoms with Gasteiger partial charge in [-0.05, 0) is 13.3 Å². The van der Waals surface area contributed by atoms with Crippen LogP contribution < -0.4 is 0 Å². The van der Waals surface area contributed by atoms with Crippen molar-refractivity contribution < 1.29 is 19.7 Å². The number of aliphatic hydroxyl groups excluding tert-OH is 1. The lowest BCUT2D eigenvalue weighted by atomic mass is 9.97. The summed E-state index contributed by atoms with van der Waals surface area (Å²) < 4.78 is 4.70. The first-order chi connectivity index (χ1) is 5.00. The Balaban J connectivity index is 2.80. The standard InChI is InChI=1S/C7H12O4/c1-3-4-5(8)7(2,10)6(9)11-4/h4-5,8,10H,3H2,1-2H3/t4-,5-,7-/m1/s1. The number of carbonyl (C=O) groups is 1. The topological polar surface area (TPSA) is 66.8 Å². The molecule has 0 amide bonds. The molecule has 0 aromatic rings. The largest absolute Gasteiger partial charge is 0.457 e. The van der Waals surface area contributed by atoms with Gasteiger partial charge in [0.15, 0.2) is 5.60 Å². The Morgan fingerprint density at radius 3 is 2.45 bits per heavy atom. The maximum absolute atomic E-state index is 10.8. The van der Waals surface area contributed by atoms with Crippen molar-refractivity contribution >= 4 is 5.97 Å². The van der Waals surface area contributed by atoms with Crippen LogP contribution in [0.3, 0.4) is 0 Å². The van der Waals surface area contributed by atoms with Crippen molar-refractivity contribution in [3.63, 3.8) is 0 Å². The van der Waals surface area contributed by atoms with Crippen LogP contribution in [-0.4, -0.2) is 34.0 Å². The fraction of sp³-hybridized carbons (Fsp3) is 0.857. The van der Waals surface area contributed by atoms with Crippen molar-refractivity contribution in [3.05, 3.63) is 0 Å². The maximum Gasteiger partial charge on any atom is 0.341 e.